The Morgan fingerprint density at radius 2 is 1.92 bits per heavy atom. The summed E-state index contributed by atoms with van der Waals surface area (Å²) in [7, 11) is 1.49. The molecule has 2 aromatic heterocycles. The predicted octanol–water partition coefficient (Wildman–Crippen LogP) is 5.31. The van der Waals surface area contributed by atoms with Gasteiger partial charge in [-0.05, 0) is 74.1 Å². The van der Waals surface area contributed by atoms with E-state index in [1.807, 2.05) is 59.7 Å². The van der Waals surface area contributed by atoms with Crippen LogP contribution in [0.5, 0.6) is 17.2 Å². The van der Waals surface area contributed by atoms with Crippen LogP contribution in [0.25, 0.3) is 5.69 Å². The average Bonchev–Trinajstić information content (AvgIpc) is 3.63. The van der Waals surface area contributed by atoms with Gasteiger partial charge >= 0.3 is 0 Å². The lowest BCUT2D eigenvalue weighted by atomic mass is 9.96. The normalized spacial score (nSPS) is 17.8. The zero-order chi connectivity index (χ0) is 27.3. The van der Waals surface area contributed by atoms with Crippen LogP contribution in [-0.2, 0) is 0 Å². The topological polar surface area (TPSA) is 104 Å². The molecule has 4 heterocycles. The largest absolute Gasteiger partial charge is 0.496 e. The lowest BCUT2D eigenvalue weighted by Gasteiger charge is -2.28. The molecule has 39 heavy (non-hydrogen) atoms. The second-order valence-corrected chi connectivity index (χ2v) is 9.69. The van der Waals surface area contributed by atoms with E-state index in [0.717, 1.165) is 28.3 Å². The smallest absolute Gasteiger partial charge is 0.296 e. The Hall–Kier alpha value is -4.64. The fraction of sp³-hybridized carbons (Fsp3) is 0.214. The summed E-state index contributed by atoms with van der Waals surface area (Å²) in [5.74, 6) is 1.75. The highest BCUT2D eigenvalue weighted by Crippen LogP contribution is 2.46. The van der Waals surface area contributed by atoms with Crippen LogP contribution in [0, 0.1) is 24.0 Å². The number of nitrogens with zero attached hydrogens (tertiary/aromatic N) is 4. The fourth-order valence-corrected chi connectivity index (χ4v) is 5.75. The number of hydrogen-bond acceptors (Lipinski definition) is 7. The number of anilines is 1. The number of thiocarbonyl (C=S) groups is 1. The molecule has 11 heteroatoms. The molecule has 0 bridgehead atoms. The van der Waals surface area contributed by atoms with E-state index in [0.29, 0.717) is 28.0 Å². The summed E-state index contributed by atoms with van der Waals surface area (Å²) in [5, 5.41) is 16.0. The minimum absolute atomic E-state index is 0.0447. The molecule has 2 unspecified atom stereocenters. The maximum atomic E-state index is 12.0. The Bertz CT molecular complexity index is 1610. The first kappa shape index (κ1) is 24.7. The van der Waals surface area contributed by atoms with Crippen LogP contribution >= 0.6 is 12.2 Å². The summed E-state index contributed by atoms with van der Waals surface area (Å²) in [4.78, 5) is 18.3. The summed E-state index contributed by atoms with van der Waals surface area (Å²) in [6.45, 7) is 4.07. The zero-order valence-corrected chi connectivity index (χ0v) is 22.3. The van der Waals surface area contributed by atoms with Gasteiger partial charge in [0.15, 0.2) is 16.6 Å². The van der Waals surface area contributed by atoms with Gasteiger partial charge in [0.25, 0.3) is 5.69 Å². The minimum Gasteiger partial charge on any atom is -0.496 e. The van der Waals surface area contributed by atoms with E-state index >= 15 is 0 Å². The Balaban J connectivity index is 1.52. The van der Waals surface area contributed by atoms with Crippen molar-refractivity contribution >= 4 is 28.7 Å². The van der Waals surface area contributed by atoms with E-state index in [4.69, 9.17) is 26.4 Å². The first-order chi connectivity index (χ1) is 18.9. The quantitative estimate of drug-likeness (QED) is 0.197. The number of pyridine rings is 1. The lowest BCUT2D eigenvalue weighted by Crippen LogP contribution is -2.29. The van der Waals surface area contributed by atoms with Crippen molar-refractivity contribution in [3.05, 3.63) is 99.6 Å². The first-order valence-electron chi connectivity index (χ1n) is 12.3. The number of nitro groups is 1. The monoisotopic (exact) mass is 543 g/mol. The molecule has 1 saturated heterocycles. The van der Waals surface area contributed by atoms with Gasteiger partial charge in [-0.15, -0.1) is 0 Å². The van der Waals surface area contributed by atoms with Crippen molar-refractivity contribution in [2.24, 2.45) is 0 Å². The minimum atomic E-state index is -0.391. The highest BCUT2D eigenvalue weighted by molar-refractivity contribution is 7.80. The molecule has 2 aliphatic rings. The number of nitrogens with one attached hydrogen (secondary N) is 1. The first-order valence-corrected chi connectivity index (χ1v) is 12.7. The maximum absolute atomic E-state index is 12.0. The number of aryl methyl sites for hydroxylation is 1. The van der Waals surface area contributed by atoms with Gasteiger partial charge in [0.1, 0.15) is 11.4 Å². The maximum Gasteiger partial charge on any atom is 0.296 e. The number of fused-ring (bicyclic) bond motifs is 1. The molecule has 2 aromatic carbocycles. The third kappa shape index (κ3) is 4.11. The number of nitro benzene ring substituents is 1. The lowest BCUT2D eigenvalue weighted by molar-refractivity contribution is -0.384. The van der Waals surface area contributed by atoms with Crippen molar-refractivity contribution in [2.75, 3.05) is 18.8 Å². The van der Waals surface area contributed by atoms with Crippen LogP contribution in [0.15, 0.2) is 66.9 Å². The molecule has 6 rings (SSSR count). The number of aromatic nitrogens is 2. The van der Waals surface area contributed by atoms with Crippen LogP contribution in [-0.4, -0.2) is 33.5 Å². The Kier molecular flexibility index (Phi) is 6.07. The zero-order valence-electron chi connectivity index (χ0n) is 21.5. The van der Waals surface area contributed by atoms with Crippen molar-refractivity contribution in [1.82, 2.24) is 14.9 Å². The molecule has 2 aliphatic heterocycles. The molecule has 0 aliphatic carbocycles. The van der Waals surface area contributed by atoms with Crippen molar-refractivity contribution in [1.29, 1.82) is 0 Å². The van der Waals surface area contributed by atoms with Gasteiger partial charge in [-0.2, -0.15) is 0 Å². The van der Waals surface area contributed by atoms with Gasteiger partial charge in [0.05, 0.1) is 35.9 Å². The van der Waals surface area contributed by atoms with E-state index in [9.17, 15) is 10.1 Å². The Morgan fingerprint density at radius 1 is 1.10 bits per heavy atom. The molecular weight excluding hydrogens is 518 g/mol. The summed E-state index contributed by atoms with van der Waals surface area (Å²) in [6, 6.07) is 17.9. The number of hydrogen-bond donors (Lipinski definition) is 1. The average molecular weight is 544 g/mol. The second-order valence-electron chi connectivity index (χ2n) is 9.31. The third-order valence-electron chi connectivity index (χ3n) is 7.14. The van der Waals surface area contributed by atoms with Crippen LogP contribution in [0.3, 0.4) is 0 Å². The molecule has 0 spiro atoms. The van der Waals surface area contributed by atoms with Crippen molar-refractivity contribution in [3.63, 3.8) is 0 Å². The third-order valence-corrected chi connectivity index (χ3v) is 7.46. The van der Waals surface area contributed by atoms with Gasteiger partial charge in [-0.1, -0.05) is 6.07 Å². The Labute approximate surface area is 229 Å². The van der Waals surface area contributed by atoms with Crippen molar-refractivity contribution in [3.8, 4) is 22.9 Å². The molecule has 0 radical (unpaired) electrons. The van der Waals surface area contributed by atoms with Gasteiger partial charge in [-0.3, -0.25) is 15.1 Å². The molecule has 1 fully saturated rings. The summed E-state index contributed by atoms with van der Waals surface area (Å²) < 4.78 is 18.3. The highest BCUT2D eigenvalue weighted by atomic mass is 32.1. The molecular formula is C28H25N5O5S. The SMILES string of the molecule is COc1ccc(-n2c(C)cc(C3C(c4ccccn4)NC(=S)N3c3ccc4c(c3)OCO4)c2C)c([N+](=O)[O-])c1. The second kappa shape index (κ2) is 9.59. The van der Waals surface area contributed by atoms with Gasteiger partial charge < -0.3 is 29.0 Å². The van der Waals surface area contributed by atoms with E-state index in [2.05, 4.69) is 16.4 Å². The number of benzene rings is 2. The van der Waals surface area contributed by atoms with Crippen molar-refractivity contribution in [2.45, 2.75) is 25.9 Å². The van der Waals surface area contributed by atoms with Gasteiger partial charge in [0.2, 0.25) is 6.79 Å². The molecule has 4 aromatic rings. The number of ether oxygens (including phenoxy) is 3. The summed E-state index contributed by atoms with van der Waals surface area (Å²) in [6.07, 6.45) is 1.75. The van der Waals surface area contributed by atoms with Gasteiger partial charge in [0, 0.05) is 29.3 Å². The molecule has 1 N–H and O–H groups in total. The summed E-state index contributed by atoms with van der Waals surface area (Å²) in [5.41, 5.74) is 4.73. The van der Waals surface area contributed by atoms with Crippen molar-refractivity contribution < 1.29 is 19.1 Å². The van der Waals surface area contributed by atoms with E-state index in [1.54, 1.807) is 18.3 Å². The van der Waals surface area contributed by atoms with Gasteiger partial charge in [-0.25, -0.2) is 0 Å². The molecule has 198 valence electrons. The molecule has 0 saturated carbocycles. The van der Waals surface area contributed by atoms with E-state index in [1.165, 1.54) is 13.2 Å². The Morgan fingerprint density at radius 3 is 2.67 bits per heavy atom. The standard InChI is InChI=1S/C28H25N5O5S/c1-16-12-20(17(2)31(16)22-9-8-19(36-3)14-23(22)33(34)35)27-26(21-6-4-5-11-29-21)30-28(39)32(27)18-7-10-24-25(13-18)38-15-37-24/h4-14,26-27H,15H2,1-3H3,(H,30,39). The van der Waals surface area contributed by atoms with E-state index < -0.39 is 4.92 Å². The van der Waals surface area contributed by atoms with Crippen LogP contribution in [0.1, 0.15) is 34.7 Å². The fourth-order valence-electron chi connectivity index (χ4n) is 5.41. The highest BCUT2D eigenvalue weighted by Gasteiger charge is 2.43. The van der Waals surface area contributed by atoms with Crippen LogP contribution < -0.4 is 24.4 Å². The summed E-state index contributed by atoms with van der Waals surface area (Å²) >= 11 is 5.87. The number of methoxy groups -OCH3 is 1. The molecule has 2 atom stereocenters. The van der Waals surface area contributed by atoms with Crippen LogP contribution in [0.2, 0.25) is 0 Å². The molecule has 10 nitrogen and oxygen atoms in total. The predicted molar refractivity (Wildman–Crippen MR) is 149 cm³/mol. The molecule has 0 amide bonds. The van der Waals surface area contributed by atoms with Crippen LogP contribution in [0.4, 0.5) is 11.4 Å². The van der Waals surface area contributed by atoms with E-state index in [-0.39, 0.29) is 24.6 Å². The number of rotatable bonds is 6.